The van der Waals surface area contributed by atoms with Crippen LogP contribution in [-0.2, 0) is 24.3 Å². The molecule has 0 atom stereocenters. The summed E-state index contributed by atoms with van der Waals surface area (Å²) in [5.41, 5.74) is -0.791. The Bertz CT molecular complexity index is 1130. The van der Waals surface area contributed by atoms with E-state index in [0.717, 1.165) is 17.5 Å². The number of hydrogen-bond donors (Lipinski definition) is 0. The van der Waals surface area contributed by atoms with Crippen LogP contribution in [0.25, 0.3) is 0 Å². The molecule has 5 rings (SSSR count). The Morgan fingerprint density at radius 1 is 1.10 bits per heavy atom. The van der Waals surface area contributed by atoms with E-state index in [1.54, 1.807) is 12.1 Å². The highest BCUT2D eigenvalue weighted by molar-refractivity contribution is 5.80. The van der Waals surface area contributed by atoms with E-state index in [1.165, 1.54) is 16.7 Å². The smallest absolute Gasteiger partial charge is 0.332 e. The van der Waals surface area contributed by atoms with E-state index < -0.39 is 17.3 Å². The van der Waals surface area contributed by atoms with Crippen molar-refractivity contribution in [3.05, 3.63) is 62.2 Å². The highest BCUT2D eigenvalue weighted by Crippen LogP contribution is 2.41. The number of piperidine rings is 1. The number of nitrogens with zero attached hydrogens (tertiary/aromatic N) is 4. The summed E-state index contributed by atoms with van der Waals surface area (Å²) in [5, 5.41) is 4.45. The van der Waals surface area contributed by atoms with Gasteiger partial charge < -0.3 is 4.90 Å². The molecule has 2 aliphatic heterocycles. The van der Waals surface area contributed by atoms with E-state index in [2.05, 4.69) is 5.10 Å². The summed E-state index contributed by atoms with van der Waals surface area (Å²) >= 11 is 0. The van der Waals surface area contributed by atoms with Crippen LogP contribution >= 0.6 is 0 Å². The van der Waals surface area contributed by atoms with Crippen molar-refractivity contribution in [2.24, 2.45) is 11.3 Å². The molecule has 9 heteroatoms. The Kier molecular flexibility index (Phi) is 4.79. The first-order valence-electron chi connectivity index (χ1n) is 10.7. The maximum Gasteiger partial charge on any atom is 0.332 e. The van der Waals surface area contributed by atoms with Crippen LogP contribution in [0.3, 0.4) is 0 Å². The van der Waals surface area contributed by atoms with E-state index in [0.29, 0.717) is 50.3 Å². The lowest BCUT2D eigenvalue weighted by atomic mass is 9.76. The van der Waals surface area contributed by atoms with Crippen LogP contribution in [-0.4, -0.2) is 44.4 Å². The quantitative estimate of drug-likeness (QED) is 0.692. The Balaban J connectivity index is 1.31. The number of amides is 1. The van der Waals surface area contributed by atoms with Crippen LogP contribution in [0.2, 0.25) is 0 Å². The lowest BCUT2D eigenvalue weighted by molar-refractivity contribution is -0.142. The third kappa shape index (κ3) is 3.59. The molecule has 1 aromatic carbocycles. The number of alkyl halides is 1. The molecule has 1 amide bonds. The largest absolute Gasteiger partial charge is 0.342 e. The van der Waals surface area contributed by atoms with Gasteiger partial charge in [-0.2, -0.15) is 5.10 Å². The number of aromatic nitrogens is 3. The molecule has 3 heterocycles. The maximum atomic E-state index is 13.1. The van der Waals surface area contributed by atoms with E-state index in [-0.39, 0.29) is 29.6 Å². The standard InChI is InChI=1S/C22H24F2N4O3/c23-16-3-1-14(2-4-16)12-28-21(31)20(30)27-13-22(11-18(27)25-28)5-7-26(8-6-22)19(29)15-9-17(24)10-15/h1-4,15,17H,5-13H2. The van der Waals surface area contributed by atoms with Crippen molar-refractivity contribution in [3.8, 4) is 0 Å². The van der Waals surface area contributed by atoms with Gasteiger partial charge in [-0.3, -0.25) is 19.0 Å². The number of rotatable bonds is 3. The number of fused-ring (bicyclic) bond motifs is 1. The van der Waals surface area contributed by atoms with Gasteiger partial charge in [-0.05, 0) is 48.8 Å². The van der Waals surface area contributed by atoms with Gasteiger partial charge in [0.2, 0.25) is 5.91 Å². The maximum absolute atomic E-state index is 13.1. The number of carbonyl (C=O) groups is 1. The SMILES string of the molecule is O=C(C1CC(F)C1)N1CCC2(CC1)Cc1nn(Cc3ccc(F)cc3)c(=O)c(=O)n1C2. The second kappa shape index (κ2) is 7.39. The number of likely N-dealkylation sites (tertiary alicyclic amines) is 1. The third-order valence-electron chi connectivity index (χ3n) is 7.05. The summed E-state index contributed by atoms with van der Waals surface area (Å²) < 4.78 is 28.9. The molecule has 2 aromatic rings. The van der Waals surface area contributed by atoms with Crippen molar-refractivity contribution in [1.29, 1.82) is 0 Å². The lowest BCUT2D eigenvalue weighted by Crippen LogP contribution is -2.49. The van der Waals surface area contributed by atoms with Crippen LogP contribution < -0.4 is 11.1 Å². The van der Waals surface area contributed by atoms with Crippen molar-refractivity contribution >= 4 is 5.91 Å². The molecule has 7 nitrogen and oxygen atoms in total. The number of carbonyl (C=O) groups excluding carboxylic acids is 1. The zero-order valence-electron chi connectivity index (χ0n) is 17.1. The Morgan fingerprint density at radius 2 is 1.77 bits per heavy atom. The Morgan fingerprint density at radius 3 is 2.42 bits per heavy atom. The molecular formula is C22H24F2N4O3. The van der Waals surface area contributed by atoms with Gasteiger partial charge in [-0.15, -0.1) is 0 Å². The second-order valence-electron chi connectivity index (χ2n) is 9.16. The Labute approximate surface area is 177 Å². The fraction of sp³-hybridized carbons (Fsp3) is 0.545. The summed E-state index contributed by atoms with van der Waals surface area (Å²) in [7, 11) is 0. The average Bonchev–Trinajstić information content (AvgIpc) is 3.09. The Hall–Kier alpha value is -2.84. The van der Waals surface area contributed by atoms with E-state index in [4.69, 9.17) is 0 Å². The fourth-order valence-electron chi connectivity index (χ4n) is 5.02. The van der Waals surface area contributed by atoms with Crippen molar-refractivity contribution < 1.29 is 13.6 Å². The topological polar surface area (TPSA) is 77.2 Å². The van der Waals surface area contributed by atoms with E-state index in [9.17, 15) is 23.2 Å². The highest BCUT2D eigenvalue weighted by Gasteiger charge is 2.44. The van der Waals surface area contributed by atoms with Crippen molar-refractivity contribution in [2.45, 2.75) is 51.4 Å². The van der Waals surface area contributed by atoms with Crippen LogP contribution in [0.1, 0.15) is 37.1 Å². The molecule has 1 aromatic heterocycles. The fourth-order valence-corrected chi connectivity index (χ4v) is 5.02. The zero-order chi connectivity index (χ0) is 21.8. The first-order valence-corrected chi connectivity index (χ1v) is 10.7. The predicted molar refractivity (Wildman–Crippen MR) is 108 cm³/mol. The molecule has 1 aliphatic carbocycles. The number of halogens is 2. The van der Waals surface area contributed by atoms with Gasteiger partial charge in [0.1, 0.15) is 17.8 Å². The molecule has 2 fully saturated rings. The molecule has 0 unspecified atom stereocenters. The number of hydrogen-bond acceptors (Lipinski definition) is 4. The van der Waals surface area contributed by atoms with Crippen molar-refractivity contribution in [1.82, 2.24) is 19.2 Å². The zero-order valence-corrected chi connectivity index (χ0v) is 17.1. The molecule has 1 spiro atoms. The van der Waals surface area contributed by atoms with Crippen molar-refractivity contribution in [3.63, 3.8) is 0 Å². The van der Waals surface area contributed by atoms with Gasteiger partial charge in [0, 0.05) is 32.0 Å². The van der Waals surface area contributed by atoms with Gasteiger partial charge in [0.05, 0.1) is 6.54 Å². The molecule has 1 saturated carbocycles. The van der Waals surface area contributed by atoms with Gasteiger partial charge in [-0.1, -0.05) is 12.1 Å². The first-order chi connectivity index (χ1) is 14.8. The normalized spacial score (nSPS) is 24.1. The van der Waals surface area contributed by atoms with Crippen LogP contribution in [0, 0.1) is 17.2 Å². The van der Waals surface area contributed by atoms with Crippen molar-refractivity contribution in [2.75, 3.05) is 13.1 Å². The summed E-state index contributed by atoms with van der Waals surface area (Å²) in [4.78, 5) is 39.6. The van der Waals surface area contributed by atoms with Gasteiger partial charge in [-0.25, -0.2) is 13.5 Å². The molecule has 1 saturated heterocycles. The molecule has 3 aliphatic rings. The second-order valence-corrected chi connectivity index (χ2v) is 9.16. The van der Waals surface area contributed by atoms with Crippen LogP contribution in [0.15, 0.2) is 33.9 Å². The van der Waals surface area contributed by atoms with Crippen LogP contribution in [0.5, 0.6) is 0 Å². The van der Waals surface area contributed by atoms with Gasteiger partial charge >= 0.3 is 11.1 Å². The highest BCUT2D eigenvalue weighted by atomic mass is 19.1. The monoisotopic (exact) mass is 430 g/mol. The third-order valence-corrected chi connectivity index (χ3v) is 7.05. The van der Waals surface area contributed by atoms with Gasteiger partial charge in [0.25, 0.3) is 0 Å². The summed E-state index contributed by atoms with van der Waals surface area (Å²) in [6.07, 6.45) is 1.82. The summed E-state index contributed by atoms with van der Waals surface area (Å²) in [6.45, 7) is 1.69. The summed E-state index contributed by atoms with van der Waals surface area (Å²) in [5.74, 6) is 0.0495. The van der Waals surface area contributed by atoms with E-state index in [1.807, 2.05) is 4.90 Å². The average molecular weight is 430 g/mol. The minimum atomic E-state index is -0.852. The first kappa shape index (κ1) is 20.1. The summed E-state index contributed by atoms with van der Waals surface area (Å²) in [6, 6.07) is 5.75. The minimum Gasteiger partial charge on any atom is -0.342 e. The molecule has 0 bridgehead atoms. The molecule has 164 valence electrons. The predicted octanol–water partition coefficient (Wildman–Crippen LogP) is 1.51. The minimum absolute atomic E-state index is 0.0357. The lowest BCUT2D eigenvalue weighted by Gasteiger charge is -2.41. The van der Waals surface area contributed by atoms with Gasteiger partial charge in [0.15, 0.2) is 0 Å². The molecule has 0 N–H and O–H groups in total. The number of benzene rings is 1. The molecule has 0 radical (unpaired) electrons. The van der Waals surface area contributed by atoms with E-state index >= 15 is 0 Å². The molecule has 31 heavy (non-hydrogen) atoms. The van der Waals surface area contributed by atoms with Crippen LogP contribution in [0.4, 0.5) is 8.78 Å². The molecular weight excluding hydrogens is 406 g/mol.